The molecule has 1 aromatic heterocycles. The highest BCUT2D eigenvalue weighted by Crippen LogP contribution is 2.14. The molecule has 0 aliphatic heterocycles. The lowest BCUT2D eigenvalue weighted by atomic mass is 10.4. The quantitative estimate of drug-likeness (QED) is 0.666. The number of carbonyl (C=O) groups excluding carboxylic acids is 2. The third kappa shape index (κ3) is 4.57. The van der Waals surface area contributed by atoms with Crippen molar-refractivity contribution in [2.45, 2.75) is 6.92 Å². The van der Waals surface area contributed by atoms with Crippen molar-refractivity contribution in [3.8, 4) is 11.8 Å². The molecule has 0 bridgehead atoms. The Kier molecular flexibility index (Phi) is 5.91. The predicted molar refractivity (Wildman–Crippen MR) is 71.3 cm³/mol. The van der Waals surface area contributed by atoms with Crippen molar-refractivity contribution in [3.63, 3.8) is 0 Å². The molecule has 0 saturated heterocycles. The van der Waals surface area contributed by atoms with Gasteiger partial charge < -0.3 is 16.4 Å². The summed E-state index contributed by atoms with van der Waals surface area (Å²) in [5.74, 6) is 5.09. The van der Waals surface area contributed by atoms with Crippen LogP contribution in [0, 0.1) is 11.8 Å². The van der Waals surface area contributed by atoms with Crippen LogP contribution in [0.3, 0.4) is 0 Å². The molecule has 96 valence electrons. The number of nitrogens with two attached hydrogens (primary N) is 1. The number of nitrogens with one attached hydrogen (secondary N) is 2. The van der Waals surface area contributed by atoms with Crippen molar-refractivity contribution in [2.24, 2.45) is 5.73 Å². The smallest absolute Gasteiger partial charge is 0.261 e. The van der Waals surface area contributed by atoms with Gasteiger partial charge in [0.2, 0.25) is 5.91 Å². The summed E-state index contributed by atoms with van der Waals surface area (Å²) in [7, 11) is 0. The highest BCUT2D eigenvalue weighted by Gasteiger charge is 2.09. The third-order valence-corrected chi connectivity index (χ3v) is 2.93. The number of hydrogen-bond acceptors (Lipinski definition) is 4. The Morgan fingerprint density at radius 3 is 2.83 bits per heavy atom. The molecule has 0 aromatic carbocycles. The first-order valence-electron chi connectivity index (χ1n) is 5.51. The summed E-state index contributed by atoms with van der Waals surface area (Å²) < 4.78 is 0. The van der Waals surface area contributed by atoms with Crippen LogP contribution < -0.4 is 16.4 Å². The normalized spacial score (nSPS) is 9.22. The average Bonchev–Trinajstić information content (AvgIpc) is 2.82. The summed E-state index contributed by atoms with van der Waals surface area (Å²) in [5.41, 5.74) is 5.26. The van der Waals surface area contributed by atoms with Crippen molar-refractivity contribution in [3.05, 3.63) is 21.9 Å². The van der Waals surface area contributed by atoms with Crippen LogP contribution >= 0.6 is 11.3 Å². The molecule has 5 nitrogen and oxygen atoms in total. The van der Waals surface area contributed by atoms with E-state index in [0.29, 0.717) is 11.4 Å². The second kappa shape index (κ2) is 7.48. The van der Waals surface area contributed by atoms with E-state index < -0.39 is 0 Å². The monoisotopic (exact) mass is 265 g/mol. The maximum Gasteiger partial charge on any atom is 0.261 e. The molecule has 6 heteroatoms. The van der Waals surface area contributed by atoms with Gasteiger partial charge in [0.25, 0.3) is 5.91 Å². The molecule has 0 fully saturated rings. The Bertz CT molecular complexity index is 485. The molecule has 0 unspecified atom stereocenters. The third-order valence-electron chi connectivity index (χ3n) is 1.93. The van der Waals surface area contributed by atoms with E-state index in [2.05, 4.69) is 22.5 Å². The molecule has 0 atom stereocenters. The number of thiophene rings is 1. The Hall–Kier alpha value is -1.84. The zero-order valence-corrected chi connectivity index (χ0v) is 10.9. The molecular formula is C12H15N3O2S. The lowest BCUT2D eigenvalue weighted by Gasteiger charge is -2.03. The fourth-order valence-corrected chi connectivity index (χ4v) is 1.97. The van der Waals surface area contributed by atoms with E-state index in [0.717, 1.165) is 4.88 Å². The van der Waals surface area contributed by atoms with E-state index in [4.69, 9.17) is 5.73 Å². The molecule has 1 rings (SSSR count). The average molecular weight is 265 g/mol. The van der Waals surface area contributed by atoms with Gasteiger partial charge in [-0.2, -0.15) is 0 Å². The molecule has 0 saturated carbocycles. The molecule has 4 N–H and O–H groups in total. The minimum Gasteiger partial charge on any atom is -0.355 e. The van der Waals surface area contributed by atoms with Crippen LogP contribution in [0.1, 0.15) is 21.5 Å². The van der Waals surface area contributed by atoms with Gasteiger partial charge in [-0.15, -0.1) is 11.3 Å². The first kappa shape index (κ1) is 14.2. The van der Waals surface area contributed by atoms with Crippen LogP contribution in [0.5, 0.6) is 0 Å². The van der Waals surface area contributed by atoms with Crippen LogP contribution in [0.15, 0.2) is 12.1 Å². The van der Waals surface area contributed by atoms with Crippen LogP contribution in [0.2, 0.25) is 0 Å². The minimum atomic E-state index is -0.271. The predicted octanol–water partition coefficient (Wildman–Crippen LogP) is -0.0758. The van der Waals surface area contributed by atoms with Gasteiger partial charge in [-0.3, -0.25) is 9.59 Å². The number of carbonyl (C=O) groups is 2. The molecule has 2 amide bonds. The first-order chi connectivity index (χ1) is 8.67. The van der Waals surface area contributed by atoms with E-state index in [1.54, 1.807) is 12.1 Å². The van der Waals surface area contributed by atoms with E-state index in [-0.39, 0.29) is 24.9 Å². The summed E-state index contributed by atoms with van der Waals surface area (Å²) in [6.07, 6.45) is 0. The molecule has 0 aliphatic rings. The van der Waals surface area contributed by atoms with Crippen molar-refractivity contribution in [1.29, 1.82) is 0 Å². The SMILES string of the molecule is CCNC(=O)CNC(=O)c1ccc(C#CCN)s1. The fraction of sp³-hybridized carbons (Fsp3) is 0.333. The van der Waals surface area contributed by atoms with Crippen molar-refractivity contribution >= 4 is 23.2 Å². The van der Waals surface area contributed by atoms with E-state index >= 15 is 0 Å². The largest absolute Gasteiger partial charge is 0.355 e. The van der Waals surface area contributed by atoms with Gasteiger partial charge in [0, 0.05) is 6.54 Å². The second-order valence-electron chi connectivity index (χ2n) is 3.31. The van der Waals surface area contributed by atoms with Gasteiger partial charge in [-0.05, 0) is 19.1 Å². The van der Waals surface area contributed by atoms with Crippen molar-refractivity contribution < 1.29 is 9.59 Å². The Morgan fingerprint density at radius 1 is 1.39 bits per heavy atom. The Labute approximate surface area is 110 Å². The molecule has 18 heavy (non-hydrogen) atoms. The molecular weight excluding hydrogens is 250 g/mol. The zero-order valence-electron chi connectivity index (χ0n) is 10.1. The zero-order chi connectivity index (χ0) is 13.4. The molecule has 0 aliphatic carbocycles. The fourth-order valence-electron chi connectivity index (χ4n) is 1.17. The first-order valence-corrected chi connectivity index (χ1v) is 6.32. The molecule has 1 heterocycles. The van der Waals surface area contributed by atoms with Crippen molar-refractivity contribution in [2.75, 3.05) is 19.6 Å². The topological polar surface area (TPSA) is 84.2 Å². The number of hydrogen-bond donors (Lipinski definition) is 3. The number of rotatable bonds is 4. The van der Waals surface area contributed by atoms with Gasteiger partial charge >= 0.3 is 0 Å². The van der Waals surface area contributed by atoms with Crippen molar-refractivity contribution in [1.82, 2.24) is 10.6 Å². The van der Waals surface area contributed by atoms with E-state index in [9.17, 15) is 9.59 Å². The van der Waals surface area contributed by atoms with E-state index in [1.807, 2.05) is 6.92 Å². The second-order valence-corrected chi connectivity index (χ2v) is 4.39. The highest BCUT2D eigenvalue weighted by atomic mass is 32.1. The highest BCUT2D eigenvalue weighted by molar-refractivity contribution is 7.14. The summed E-state index contributed by atoms with van der Waals surface area (Å²) in [5, 5.41) is 5.14. The molecule has 0 spiro atoms. The summed E-state index contributed by atoms with van der Waals surface area (Å²) >= 11 is 1.27. The standard InChI is InChI=1S/C12H15N3O2S/c1-2-14-11(16)8-15-12(17)10-6-5-9(18-10)4-3-7-13/h5-6H,2,7-8,13H2,1H3,(H,14,16)(H,15,17). The number of likely N-dealkylation sites (N-methyl/N-ethyl adjacent to an activating group) is 1. The van der Waals surface area contributed by atoms with Crippen LogP contribution in [0.4, 0.5) is 0 Å². The maximum atomic E-state index is 11.7. The molecule has 1 aromatic rings. The van der Waals surface area contributed by atoms with Crippen LogP contribution in [-0.2, 0) is 4.79 Å². The van der Waals surface area contributed by atoms with Gasteiger partial charge in [-0.1, -0.05) is 11.8 Å². The summed E-state index contributed by atoms with van der Waals surface area (Å²) in [6, 6.07) is 3.44. The Morgan fingerprint density at radius 2 is 2.17 bits per heavy atom. The lowest BCUT2D eigenvalue weighted by molar-refractivity contribution is -0.120. The van der Waals surface area contributed by atoms with Crippen LogP contribution in [-0.4, -0.2) is 31.4 Å². The summed E-state index contributed by atoms with van der Waals surface area (Å²) in [4.78, 5) is 24.2. The van der Waals surface area contributed by atoms with Gasteiger partial charge in [0.1, 0.15) is 0 Å². The van der Waals surface area contributed by atoms with Gasteiger partial charge in [0.15, 0.2) is 0 Å². The van der Waals surface area contributed by atoms with E-state index in [1.165, 1.54) is 11.3 Å². The minimum absolute atomic E-state index is 0.0195. The maximum absolute atomic E-state index is 11.7. The summed E-state index contributed by atoms with van der Waals surface area (Å²) in [6.45, 7) is 2.64. The van der Waals surface area contributed by atoms with Crippen LogP contribution in [0.25, 0.3) is 0 Å². The molecule has 0 radical (unpaired) electrons. The number of amides is 2. The lowest BCUT2D eigenvalue weighted by Crippen LogP contribution is -2.36. The Balaban J connectivity index is 2.51. The van der Waals surface area contributed by atoms with Gasteiger partial charge in [-0.25, -0.2) is 0 Å². The van der Waals surface area contributed by atoms with Gasteiger partial charge in [0.05, 0.1) is 22.8 Å².